The topological polar surface area (TPSA) is 60.9 Å². The first kappa shape index (κ1) is 26.4. The zero-order chi connectivity index (χ0) is 27.6. The number of nitrogens with zero attached hydrogens (tertiary/aromatic N) is 3. The van der Waals surface area contributed by atoms with Crippen LogP contribution < -0.4 is 4.90 Å². The van der Waals surface area contributed by atoms with Crippen molar-refractivity contribution in [3.05, 3.63) is 124 Å². The summed E-state index contributed by atoms with van der Waals surface area (Å²) < 4.78 is 13.7. The van der Waals surface area contributed by atoms with Gasteiger partial charge in [0.05, 0.1) is 38.4 Å². The molecule has 202 valence electrons. The van der Waals surface area contributed by atoms with Crippen LogP contribution in [0, 0.1) is 0 Å². The number of anilines is 1. The van der Waals surface area contributed by atoms with Gasteiger partial charge < -0.3 is 9.80 Å². The van der Waals surface area contributed by atoms with Crippen molar-refractivity contribution in [2.75, 3.05) is 31.1 Å². The first-order valence-electron chi connectivity index (χ1n) is 13.2. The Labute approximate surface area is 241 Å². The largest absolute Gasteiger partial charge is 0.336 e. The van der Waals surface area contributed by atoms with E-state index in [-0.39, 0.29) is 18.4 Å². The Bertz CT molecular complexity index is 1590. The van der Waals surface area contributed by atoms with Gasteiger partial charge >= 0.3 is 0 Å². The number of fused-ring (bicyclic) bond motifs is 2. The molecule has 0 aromatic heterocycles. The van der Waals surface area contributed by atoms with E-state index in [2.05, 4.69) is 17.0 Å². The lowest BCUT2D eigenvalue weighted by Crippen LogP contribution is -2.48. The molecule has 0 aliphatic carbocycles. The van der Waals surface area contributed by atoms with E-state index in [9.17, 15) is 13.8 Å². The summed E-state index contributed by atoms with van der Waals surface area (Å²) in [5.74, 6) is -0.342. The molecule has 40 heavy (non-hydrogen) atoms. The highest BCUT2D eigenvalue weighted by atomic mass is 35.5. The molecule has 0 saturated carbocycles. The van der Waals surface area contributed by atoms with Crippen molar-refractivity contribution in [3.63, 3.8) is 0 Å². The summed E-state index contributed by atoms with van der Waals surface area (Å²) in [7, 11) is -1.58. The van der Waals surface area contributed by atoms with Crippen molar-refractivity contribution in [2.24, 2.45) is 0 Å². The predicted octanol–water partition coefficient (Wildman–Crippen LogP) is 5.63. The van der Waals surface area contributed by atoms with Gasteiger partial charge in [0.2, 0.25) is 0 Å². The van der Waals surface area contributed by atoms with E-state index in [0.717, 1.165) is 25.2 Å². The number of benzene rings is 4. The van der Waals surface area contributed by atoms with Crippen molar-refractivity contribution in [1.29, 1.82) is 0 Å². The zero-order valence-corrected chi connectivity index (χ0v) is 23.4. The fourth-order valence-electron chi connectivity index (χ4n) is 5.26. The Morgan fingerprint density at radius 1 is 0.750 bits per heavy atom. The Morgan fingerprint density at radius 2 is 1.43 bits per heavy atom. The molecule has 0 bridgehead atoms. The molecule has 4 aromatic rings. The quantitative estimate of drug-likeness (QED) is 0.313. The maximum absolute atomic E-state index is 13.8. The van der Waals surface area contributed by atoms with Crippen LogP contribution in [-0.4, -0.2) is 52.0 Å². The summed E-state index contributed by atoms with van der Waals surface area (Å²) in [6, 6.07) is 29.8. The second kappa shape index (κ2) is 11.4. The van der Waals surface area contributed by atoms with Gasteiger partial charge in [0, 0.05) is 43.3 Å². The minimum absolute atomic E-state index is 0.0893. The van der Waals surface area contributed by atoms with Crippen molar-refractivity contribution in [2.45, 2.75) is 22.9 Å². The third-order valence-electron chi connectivity index (χ3n) is 7.42. The standard InChI is InChI=1S/C32H28ClN3O3S/c33-26-13-10-24(11-14-26)22-36-28-20-25(12-15-30(28)40(39)29-9-5-4-8-27(29)32(36)38)31(37)35-18-16-34(17-19-35)21-23-6-2-1-3-7-23/h1-15,20H,16-19,21-22H2/t40-/m0/s1. The average Bonchev–Trinajstić information content (AvgIpc) is 3.08. The van der Waals surface area contributed by atoms with Gasteiger partial charge in [0.15, 0.2) is 0 Å². The van der Waals surface area contributed by atoms with Gasteiger partial charge in [-0.25, -0.2) is 4.21 Å². The van der Waals surface area contributed by atoms with Gasteiger partial charge in [0.1, 0.15) is 0 Å². The molecule has 1 fully saturated rings. The summed E-state index contributed by atoms with van der Waals surface area (Å²) in [5.41, 5.74) is 3.50. The van der Waals surface area contributed by atoms with E-state index in [1.165, 1.54) is 5.56 Å². The Hall–Kier alpha value is -3.78. The third kappa shape index (κ3) is 5.32. The highest BCUT2D eigenvalue weighted by molar-refractivity contribution is 7.85. The highest BCUT2D eigenvalue weighted by Gasteiger charge is 2.32. The molecule has 2 amide bonds. The first-order valence-corrected chi connectivity index (χ1v) is 14.8. The second-order valence-electron chi connectivity index (χ2n) is 10.0. The Morgan fingerprint density at radius 3 is 2.17 bits per heavy atom. The molecule has 2 aliphatic rings. The molecule has 8 heteroatoms. The number of hydrogen-bond acceptors (Lipinski definition) is 4. The minimum Gasteiger partial charge on any atom is -0.336 e. The van der Waals surface area contributed by atoms with Gasteiger partial charge in [-0.1, -0.05) is 66.2 Å². The van der Waals surface area contributed by atoms with E-state index in [0.29, 0.717) is 44.7 Å². The summed E-state index contributed by atoms with van der Waals surface area (Å²) in [6.45, 7) is 3.92. The molecule has 0 N–H and O–H groups in total. The van der Waals surface area contributed by atoms with Crippen LogP contribution in [0.2, 0.25) is 5.02 Å². The fraction of sp³-hybridized carbons (Fsp3) is 0.188. The van der Waals surface area contributed by atoms with E-state index < -0.39 is 10.8 Å². The number of hydrogen-bond donors (Lipinski definition) is 0. The van der Waals surface area contributed by atoms with Crippen molar-refractivity contribution in [3.8, 4) is 0 Å². The molecule has 0 radical (unpaired) electrons. The molecule has 6 nitrogen and oxygen atoms in total. The van der Waals surface area contributed by atoms with Crippen LogP contribution in [0.4, 0.5) is 5.69 Å². The minimum atomic E-state index is -1.58. The van der Waals surface area contributed by atoms with Crippen LogP contribution in [0.25, 0.3) is 0 Å². The molecule has 2 heterocycles. The van der Waals surface area contributed by atoms with Crippen LogP contribution in [0.5, 0.6) is 0 Å². The molecule has 0 spiro atoms. The maximum Gasteiger partial charge on any atom is 0.259 e. The van der Waals surface area contributed by atoms with Crippen LogP contribution in [0.15, 0.2) is 107 Å². The highest BCUT2D eigenvalue weighted by Crippen LogP contribution is 2.36. The van der Waals surface area contributed by atoms with Gasteiger partial charge in [0.25, 0.3) is 11.8 Å². The average molecular weight is 570 g/mol. The molecule has 1 atom stereocenters. The molecule has 4 aromatic carbocycles. The summed E-state index contributed by atoms with van der Waals surface area (Å²) >= 11 is 6.09. The fourth-order valence-corrected chi connectivity index (χ4v) is 6.73. The smallest absolute Gasteiger partial charge is 0.259 e. The Kier molecular flexibility index (Phi) is 7.52. The number of halogens is 1. The lowest BCUT2D eigenvalue weighted by atomic mass is 10.1. The van der Waals surface area contributed by atoms with Crippen molar-refractivity contribution in [1.82, 2.24) is 9.80 Å². The normalized spacial score (nSPS) is 17.2. The number of piperazine rings is 1. The van der Waals surface area contributed by atoms with Gasteiger partial charge in [-0.3, -0.25) is 14.5 Å². The monoisotopic (exact) mass is 569 g/mol. The van der Waals surface area contributed by atoms with Gasteiger partial charge in [-0.2, -0.15) is 0 Å². The molecule has 1 saturated heterocycles. The lowest BCUT2D eigenvalue weighted by molar-refractivity contribution is 0.0628. The number of rotatable bonds is 5. The molecule has 2 aliphatic heterocycles. The lowest BCUT2D eigenvalue weighted by Gasteiger charge is -2.35. The van der Waals surface area contributed by atoms with E-state index in [1.807, 2.05) is 35.2 Å². The van der Waals surface area contributed by atoms with Crippen LogP contribution in [-0.2, 0) is 23.9 Å². The predicted molar refractivity (Wildman–Crippen MR) is 157 cm³/mol. The van der Waals surface area contributed by atoms with E-state index in [1.54, 1.807) is 59.5 Å². The SMILES string of the molecule is O=C(c1ccc2c(c1)N(Cc1ccc(Cl)cc1)C(=O)c1ccccc1[S@@]2=O)N1CCN(Cc2ccccc2)CC1. The molecule has 0 unspecified atom stereocenters. The van der Waals surface area contributed by atoms with Crippen LogP contribution in [0.3, 0.4) is 0 Å². The van der Waals surface area contributed by atoms with Gasteiger partial charge in [-0.15, -0.1) is 0 Å². The molecular weight excluding hydrogens is 542 g/mol. The number of carbonyl (C=O) groups is 2. The molecular formula is C32H28ClN3O3S. The van der Waals surface area contributed by atoms with E-state index in [4.69, 9.17) is 11.6 Å². The van der Waals surface area contributed by atoms with Crippen molar-refractivity contribution >= 4 is 39.9 Å². The summed E-state index contributed by atoms with van der Waals surface area (Å²) in [5, 5.41) is 0.606. The van der Waals surface area contributed by atoms with Crippen molar-refractivity contribution < 1.29 is 13.8 Å². The van der Waals surface area contributed by atoms with Crippen LogP contribution in [0.1, 0.15) is 31.8 Å². The summed E-state index contributed by atoms with van der Waals surface area (Å²) in [4.78, 5) is 34.3. The Balaban J connectivity index is 1.28. The zero-order valence-electron chi connectivity index (χ0n) is 21.8. The second-order valence-corrected chi connectivity index (χ2v) is 11.9. The third-order valence-corrected chi connectivity index (χ3v) is 9.17. The maximum atomic E-state index is 13.8. The van der Waals surface area contributed by atoms with E-state index >= 15 is 0 Å². The summed E-state index contributed by atoms with van der Waals surface area (Å²) in [6.07, 6.45) is 0. The number of carbonyl (C=O) groups excluding carboxylic acids is 2. The first-order chi connectivity index (χ1) is 19.5. The number of amides is 2. The van der Waals surface area contributed by atoms with Crippen LogP contribution >= 0.6 is 11.6 Å². The molecule has 6 rings (SSSR count). The van der Waals surface area contributed by atoms with Gasteiger partial charge in [-0.05, 0) is 53.6 Å².